The van der Waals surface area contributed by atoms with E-state index in [0.29, 0.717) is 0 Å². The Labute approximate surface area is 227 Å². The topological polar surface area (TPSA) is 0 Å². The Morgan fingerprint density at radius 3 is 0.867 bits per heavy atom. The van der Waals surface area contributed by atoms with Crippen LogP contribution in [0.3, 0.4) is 0 Å². The van der Waals surface area contributed by atoms with Crippen molar-refractivity contribution in [2.24, 2.45) is 0 Å². The van der Waals surface area contributed by atoms with Gasteiger partial charge in [0.1, 0.15) is 0 Å². The molecule has 3 aromatic rings. The van der Waals surface area contributed by atoms with Gasteiger partial charge in [-0.25, -0.2) is 0 Å². The van der Waals surface area contributed by atoms with Crippen LogP contribution in [0.25, 0.3) is 0 Å². The summed E-state index contributed by atoms with van der Waals surface area (Å²) < 4.78 is 0. The van der Waals surface area contributed by atoms with Gasteiger partial charge in [0.05, 0.1) is 0 Å². The summed E-state index contributed by atoms with van der Waals surface area (Å²) in [6.07, 6.45) is 0. The van der Waals surface area contributed by atoms with Gasteiger partial charge in [0, 0.05) is 58.4 Å². The van der Waals surface area contributed by atoms with Crippen molar-refractivity contribution in [2.75, 3.05) is 0 Å². The first-order chi connectivity index (χ1) is 11.4. The standard InChI is InChI=1S/3C8H10.3CH3.3Rh/c1-7-3-5-8(2)6-4-7;1-7-4-3-5-8(2)6-7;1-7-5-3-4-6-8(7)2;;;;;;/h3*3-6H,1-2H3;3*1H3;;;/q;;;3*-1;;;. The molecule has 177 valence electrons. The van der Waals surface area contributed by atoms with E-state index in [1.807, 2.05) is 0 Å². The van der Waals surface area contributed by atoms with Gasteiger partial charge in [-0.1, -0.05) is 95.1 Å². The molecule has 0 saturated heterocycles. The van der Waals surface area contributed by atoms with Crippen LogP contribution in [0, 0.1) is 63.8 Å². The third kappa shape index (κ3) is 20.8. The van der Waals surface area contributed by atoms with Gasteiger partial charge in [-0.2, -0.15) is 0 Å². The maximum Gasteiger partial charge on any atom is 0 e. The molecule has 0 atom stereocenters. The quantitative estimate of drug-likeness (QED) is 0.167. The number of hydrogen-bond acceptors (Lipinski definition) is 0. The molecule has 0 unspecified atom stereocenters. The average Bonchev–Trinajstić information content (AvgIpc) is 2.54. The molecule has 0 aliphatic carbocycles. The number of rotatable bonds is 0. The Balaban J connectivity index is -0.0000000655. The molecular formula is C27H39Rh3-3. The van der Waals surface area contributed by atoms with Crippen molar-refractivity contribution in [1.29, 1.82) is 0 Å². The van der Waals surface area contributed by atoms with Gasteiger partial charge in [0.25, 0.3) is 0 Å². The van der Waals surface area contributed by atoms with Gasteiger partial charge in [-0.05, 0) is 52.7 Å². The van der Waals surface area contributed by atoms with Crippen molar-refractivity contribution in [3.8, 4) is 0 Å². The van der Waals surface area contributed by atoms with E-state index in [1.165, 1.54) is 33.4 Å². The summed E-state index contributed by atoms with van der Waals surface area (Å²) >= 11 is 0. The van der Waals surface area contributed by atoms with Crippen molar-refractivity contribution in [3.63, 3.8) is 0 Å². The summed E-state index contributed by atoms with van der Waals surface area (Å²) in [4.78, 5) is 0. The van der Waals surface area contributed by atoms with Crippen LogP contribution in [0.1, 0.15) is 33.4 Å². The van der Waals surface area contributed by atoms with E-state index >= 15 is 0 Å². The number of aryl methyl sites for hydroxylation is 6. The third-order valence-electron chi connectivity index (χ3n) is 3.82. The second-order valence-electron chi connectivity index (χ2n) is 6.40. The second-order valence-corrected chi connectivity index (χ2v) is 6.40. The van der Waals surface area contributed by atoms with Crippen LogP contribution in [-0.4, -0.2) is 0 Å². The Hall–Kier alpha value is -0.470. The molecule has 0 bridgehead atoms. The molecule has 0 aliphatic heterocycles. The minimum absolute atomic E-state index is 0. The molecule has 3 rings (SSSR count). The summed E-state index contributed by atoms with van der Waals surface area (Å²) in [5.74, 6) is 0. The normalized spacial score (nSPS) is 7.40. The Bertz CT molecular complexity index is 676. The molecule has 0 fully saturated rings. The monoisotopic (exact) mass is 672 g/mol. The van der Waals surface area contributed by atoms with Gasteiger partial charge in [-0.15, -0.1) is 0 Å². The van der Waals surface area contributed by atoms with Gasteiger partial charge < -0.3 is 22.3 Å². The second kappa shape index (κ2) is 24.8. The molecule has 0 N–H and O–H groups in total. The fourth-order valence-corrected chi connectivity index (χ4v) is 2.11. The fourth-order valence-electron chi connectivity index (χ4n) is 2.11. The van der Waals surface area contributed by atoms with Gasteiger partial charge >= 0.3 is 0 Å². The minimum Gasteiger partial charge on any atom is -0.358 e. The summed E-state index contributed by atoms with van der Waals surface area (Å²) in [6, 6.07) is 25.3. The van der Waals surface area contributed by atoms with Crippen molar-refractivity contribution >= 4 is 0 Å². The molecule has 0 nitrogen and oxygen atoms in total. The summed E-state index contributed by atoms with van der Waals surface area (Å²) in [6.45, 7) is 12.6. The van der Waals surface area contributed by atoms with Crippen LogP contribution in [0.4, 0.5) is 0 Å². The van der Waals surface area contributed by atoms with Crippen LogP contribution in [-0.2, 0) is 58.4 Å². The van der Waals surface area contributed by atoms with E-state index in [0.717, 1.165) is 0 Å². The van der Waals surface area contributed by atoms with E-state index in [4.69, 9.17) is 0 Å². The van der Waals surface area contributed by atoms with E-state index in [9.17, 15) is 0 Å². The molecule has 0 saturated carbocycles. The molecule has 0 aliphatic rings. The van der Waals surface area contributed by atoms with E-state index in [-0.39, 0.29) is 80.7 Å². The fraction of sp³-hybridized carbons (Fsp3) is 0.222. The van der Waals surface area contributed by atoms with Crippen molar-refractivity contribution < 1.29 is 58.4 Å². The van der Waals surface area contributed by atoms with Crippen molar-refractivity contribution in [2.45, 2.75) is 41.5 Å². The van der Waals surface area contributed by atoms with Crippen LogP contribution < -0.4 is 0 Å². The SMILES string of the molecule is Cc1ccc(C)cc1.Cc1cccc(C)c1.Cc1ccccc1C.[CH3-].[CH3-].[CH3-].[Rh].[Rh].[Rh]. The number of benzene rings is 3. The van der Waals surface area contributed by atoms with Crippen LogP contribution in [0.2, 0.25) is 0 Å². The molecule has 0 heterocycles. The molecular weight excluding hydrogens is 633 g/mol. The zero-order valence-corrected chi connectivity index (χ0v) is 24.8. The summed E-state index contributed by atoms with van der Waals surface area (Å²) in [7, 11) is 0. The van der Waals surface area contributed by atoms with Crippen LogP contribution in [0.5, 0.6) is 0 Å². The molecule has 0 spiro atoms. The first-order valence-corrected chi connectivity index (χ1v) is 8.47. The maximum absolute atomic E-state index is 2.17. The van der Waals surface area contributed by atoms with Crippen molar-refractivity contribution in [3.05, 3.63) is 128 Å². The van der Waals surface area contributed by atoms with E-state index in [1.54, 1.807) is 0 Å². The predicted molar refractivity (Wildman–Crippen MR) is 127 cm³/mol. The summed E-state index contributed by atoms with van der Waals surface area (Å²) in [5.41, 5.74) is 8.07. The average molecular weight is 672 g/mol. The third-order valence-corrected chi connectivity index (χ3v) is 3.82. The molecule has 0 aromatic heterocycles. The van der Waals surface area contributed by atoms with Gasteiger partial charge in [-0.3, -0.25) is 0 Å². The largest absolute Gasteiger partial charge is 0.358 e. The Morgan fingerprint density at radius 1 is 0.367 bits per heavy atom. The van der Waals surface area contributed by atoms with Crippen molar-refractivity contribution in [1.82, 2.24) is 0 Å². The zero-order chi connectivity index (χ0) is 17.9. The Kier molecular flexibility index (Phi) is 35.9. The number of hydrogen-bond donors (Lipinski definition) is 0. The first-order valence-electron chi connectivity index (χ1n) is 8.47. The molecule has 3 aromatic carbocycles. The smallest absolute Gasteiger partial charge is 0 e. The molecule has 3 radical (unpaired) electrons. The van der Waals surface area contributed by atoms with E-state index < -0.39 is 0 Å². The maximum atomic E-state index is 2.17. The first kappa shape index (κ1) is 43.4. The van der Waals surface area contributed by atoms with E-state index in [2.05, 4.69) is 114 Å². The molecule has 3 heteroatoms. The van der Waals surface area contributed by atoms with Gasteiger partial charge in [0.2, 0.25) is 0 Å². The van der Waals surface area contributed by atoms with Crippen LogP contribution >= 0.6 is 0 Å². The Morgan fingerprint density at radius 2 is 0.667 bits per heavy atom. The zero-order valence-electron chi connectivity index (χ0n) is 19.9. The molecule has 30 heavy (non-hydrogen) atoms. The van der Waals surface area contributed by atoms with Gasteiger partial charge in [0.15, 0.2) is 0 Å². The van der Waals surface area contributed by atoms with Crippen LogP contribution in [0.15, 0.2) is 72.8 Å². The minimum atomic E-state index is 0. The predicted octanol–water partition coefficient (Wildman–Crippen LogP) is 8.25. The molecule has 0 amide bonds. The summed E-state index contributed by atoms with van der Waals surface area (Å²) in [5, 5.41) is 0.